The van der Waals surface area contributed by atoms with Crippen LogP contribution >= 0.6 is 0 Å². The minimum Gasteiger partial charge on any atom is -0.478 e. The van der Waals surface area contributed by atoms with Gasteiger partial charge in [0.05, 0.1) is 5.56 Å². The Morgan fingerprint density at radius 2 is 1.61 bits per heavy atom. The zero-order valence-corrected chi connectivity index (χ0v) is 12.2. The molecule has 1 aromatic carbocycles. The van der Waals surface area contributed by atoms with Crippen molar-refractivity contribution in [1.82, 2.24) is 0 Å². The molecule has 0 atom stereocenters. The van der Waals surface area contributed by atoms with Crippen molar-refractivity contribution in [1.29, 1.82) is 0 Å². The number of carboxylic acid groups (broad SMARTS) is 1. The Labute approximate surface area is 110 Å². The van der Waals surface area contributed by atoms with Gasteiger partial charge >= 0.3 is 5.97 Å². The molecule has 0 unspecified atom stereocenters. The van der Waals surface area contributed by atoms with Gasteiger partial charge in [-0.1, -0.05) is 39.3 Å². The maximum Gasteiger partial charge on any atom is 0.337 e. The average Bonchev–Trinajstić information content (AvgIpc) is 2.45. The van der Waals surface area contributed by atoms with Gasteiger partial charge in [-0.2, -0.15) is 0 Å². The van der Waals surface area contributed by atoms with Crippen LogP contribution in [-0.4, -0.2) is 24.9 Å². The molecule has 104 valence electrons. The average molecular weight is 255 g/mol. The van der Waals surface area contributed by atoms with Crippen LogP contribution in [-0.2, 0) is 4.79 Å². The molecule has 1 rings (SSSR count). The van der Waals surface area contributed by atoms with Gasteiger partial charge in [0.25, 0.3) is 0 Å². The number of anilines is 1. The van der Waals surface area contributed by atoms with Crippen LogP contribution in [0, 0.1) is 6.92 Å². The molecule has 0 saturated carbocycles. The Morgan fingerprint density at radius 1 is 1.17 bits per heavy atom. The fourth-order valence-corrected chi connectivity index (χ4v) is 1.05. The van der Waals surface area contributed by atoms with E-state index in [1.165, 1.54) is 0 Å². The van der Waals surface area contributed by atoms with E-state index in [4.69, 9.17) is 9.90 Å². The number of nitrogens with one attached hydrogen (secondary N) is 1. The van der Waals surface area contributed by atoms with E-state index in [9.17, 15) is 4.79 Å². The van der Waals surface area contributed by atoms with Gasteiger partial charge in [-0.25, -0.2) is 4.79 Å². The van der Waals surface area contributed by atoms with Crippen molar-refractivity contribution >= 4 is 18.4 Å². The fraction of sp³-hybridized carbons (Fsp3) is 0.429. The summed E-state index contributed by atoms with van der Waals surface area (Å²) in [4.78, 5) is 18.7. The van der Waals surface area contributed by atoms with Crippen LogP contribution in [0.1, 0.15) is 43.6 Å². The van der Waals surface area contributed by atoms with E-state index in [0.717, 1.165) is 5.56 Å². The van der Waals surface area contributed by atoms with Gasteiger partial charge < -0.3 is 15.2 Å². The zero-order valence-electron chi connectivity index (χ0n) is 12.2. The molecule has 0 aliphatic rings. The SMILES string of the molecule is C=O.CC.CC.CNc1ccc(C)cc1C(=O)O. The van der Waals surface area contributed by atoms with E-state index in [-0.39, 0.29) is 0 Å². The van der Waals surface area contributed by atoms with Crippen LogP contribution in [0.2, 0.25) is 0 Å². The summed E-state index contributed by atoms with van der Waals surface area (Å²) in [6.45, 7) is 11.9. The number of carbonyl (C=O) groups is 2. The molecule has 0 spiro atoms. The summed E-state index contributed by atoms with van der Waals surface area (Å²) < 4.78 is 0. The molecular weight excluding hydrogens is 230 g/mol. The van der Waals surface area contributed by atoms with E-state index < -0.39 is 5.97 Å². The summed E-state index contributed by atoms with van der Waals surface area (Å²) in [5, 5.41) is 11.6. The number of carboxylic acids is 1. The largest absolute Gasteiger partial charge is 0.478 e. The molecule has 0 aromatic heterocycles. The third kappa shape index (κ3) is 8.33. The van der Waals surface area contributed by atoms with Gasteiger partial charge in [0.1, 0.15) is 6.79 Å². The molecule has 0 aliphatic carbocycles. The second-order valence-corrected chi connectivity index (χ2v) is 2.60. The molecule has 2 N–H and O–H groups in total. The van der Waals surface area contributed by atoms with Gasteiger partial charge in [-0.05, 0) is 19.1 Å². The first-order valence-corrected chi connectivity index (χ1v) is 5.95. The third-order valence-electron chi connectivity index (χ3n) is 1.67. The van der Waals surface area contributed by atoms with Gasteiger partial charge in [-0.3, -0.25) is 0 Å². The van der Waals surface area contributed by atoms with Crippen molar-refractivity contribution in [2.24, 2.45) is 0 Å². The molecule has 1 aromatic rings. The summed E-state index contributed by atoms with van der Waals surface area (Å²) in [5.41, 5.74) is 1.91. The van der Waals surface area contributed by atoms with E-state index in [2.05, 4.69) is 5.32 Å². The van der Waals surface area contributed by atoms with Crippen LogP contribution in [0.3, 0.4) is 0 Å². The predicted molar refractivity (Wildman–Crippen MR) is 77.5 cm³/mol. The van der Waals surface area contributed by atoms with Crippen LogP contribution in [0.15, 0.2) is 18.2 Å². The summed E-state index contributed by atoms with van der Waals surface area (Å²) in [6, 6.07) is 5.28. The van der Waals surface area contributed by atoms with Crippen molar-refractivity contribution in [2.75, 3.05) is 12.4 Å². The Balaban J connectivity index is -0.000000328. The highest BCUT2D eigenvalue weighted by molar-refractivity contribution is 5.94. The number of hydrogen-bond donors (Lipinski definition) is 2. The van der Waals surface area contributed by atoms with Gasteiger partial charge in [-0.15, -0.1) is 0 Å². The number of aryl methyl sites for hydroxylation is 1. The van der Waals surface area contributed by atoms with Gasteiger partial charge in [0.2, 0.25) is 0 Å². The lowest BCUT2D eigenvalue weighted by atomic mass is 10.1. The van der Waals surface area contributed by atoms with Crippen molar-refractivity contribution in [2.45, 2.75) is 34.6 Å². The number of benzene rings is 1. The van der Waals surface area contributed by atoms with Crippen LogP contribution in [0.5, 0.6) is 0 Å². The monoisotopic (exact) mass is 255 g/mol. The smallest absolute Gasteiger partial charge is 0.337 e. The zero-order chi connectivity index (χ0) is 15.1. The standard InChI is InChI=1S/C9H11NO2.2C2H6.CH2O/c1-6-3-4-8(10-2)7(5-6)9(11)12;3*1-2/h3-5,10H,1-2H3,(H,11,12);2*1-2H3;1H2. The van der Waals surface area contributed by atoms with Gasteiger partial charge in [0, 0.05) is 12.7 Å². The molecule has 0 bridgehead atoms. The molecule has 0 saturated heterocycles. The normalized spacial score (nSPS) is 7.22. The van der Waals surface area contributed by atoms with E-state index in [0.29, 0.717) is 11.3 Å². The second-order valence-electron chi connectivity index (χ2n) is 2.60. The summed E-state index contributed by atoms with van der Waals surface area (Å²) in [5.74, 6) is -0.900. The predicted octanol–water partition coefficient (Wildman–Crippen LogP) is 3.60. The minimum atomic E-state index is -0.900. The number of aromatic carboxylic acids is 1. The van der Waals surface area contributed by atoms with Crippen molar-refractivity contribution in [3.8, 4) is 0 Å². The fourth-order valence-electron chi connectivity index (χ4n) is 1.05. The second kappa shape index (κ2) is 15.2. The maximum atomic E-state index is 10.7. The first-order valence-electron chi connectivity index (χ1n) is 5.95. The molecular formula is C14H25NO3. The highest BCUT2D eigenvalue weighted by Crippen LogP contribution is 2.16. The molecule has 4 heteroatoms. The molecule has 0 radical (unpaired) electrons. The highest BCUT2D eigenvalue weighted by atomic mass is 16.4. The van der Waals surface area contributed by atoms with E-state index in [1.807, 2.05) is 47.5 Å². The number of hydrogen-bond acceptors (Lipinski definition) is 3. The Kier molecular flexibility index (Phi) is 18.1. The van der Waals surface area contributed by atoms with Gasteiger partial charge in [0.15, 0.2) is 0 Å². The van der Waals surface area contributed by atoms with E-state index >= 15 is 0 Å². The minimum absolute atomic E-state index is 0.317. The Morgan fingerprint density at radius 3 is 1.94 bits per heavy atom. The quantitative estimate of drug-likeness (QED) is 0.847. The Bertz CT molecular complexity index is 325. The first-order chi connectivity index (χ1) is 8.65. The van der Waals surface area contributed by atoms with Crippen LogP contribution < -0.4 is 5.32 Å². The lowest BCUT2D eigenvalue weighted by Crippen LogP contribution is -2.02. The summed E-state index contributed by atoms with van der Waals surface area (Å²) in [7, 11) is 1.71. The molecule has 0 fully saturated rings. The Hall–Kier alpha value is -1.84. The first kappa shape index (κ1) is 21.4. The maximum absolute atomic E-state index is 10.7. The van der Waals surface area contributed by atoms with Crippen LogP contribution in [0.25, 0.3) is 0 Å². The number of rotatable bonds is 2. The molecule has 18 heavy (non-hydrogen) atoms. The summed E-state index contributed by atoms with van der Waals surface area (Å²) >= 11 is 0. The van der Waals surface area contributed by atoms with Crippen LogP contribution in [0.4, 0.5) is 5.69 Å². The van der Waals surface area contributed by atoms with Crippen molar-refractivity contribution < 1.29 is 14.7 Å². The molecule has 0 aliphatic heterocycles. The highest BCUT2D eigenvalue weighted by Gasteiger charge is 2.07. The molecule has 0 heterocycles. The van der Waals surface area contributed by atoms with Crippen molar-refractivity contribution in [3.63, 3.8) is 0 Å². The number of carbonyl (C=O) groups excluding carboxylic acids is 1. The molecule has 4 nitrogen and oxygen atoms in total. The topological polar surface area (TPSA) is 66.4 Å². The lowest BCUT2D eigenvalue weighted by molar-refractivity contribution is -0.0980. The van der Waals surface area contributed by atoms with Crippen molar-refractivity contribution in [3.05, 3.63) is 29.3 Å². The third-order valence-corrected chi connectivity index (χ3v) is 1.67. The lowest BCUT2D eigenvalue weighted by Gasteiger charge is -2.05. The summed E-state index contributed by atoms with van der Waals surface area (Å²) in [6.07, 6.45) is 0. The van der Waals surface area contributed by atoms with E-state index in [1.54, 1.807) is 19.2 Å². The molecule has 0 amide bonds.